The van der Waals surface area contributed by atoms with Crippen LogP contribution in [0.5, 0.6) is 0 Å². The van der Waals surface area contributed by atoms with Crippen LogP contribution in [0.15, 0.2) is 28.7 Å². The van der Waals surface area contributed by atoms with Crippen molar-refractivity contribution in [2.24, 2.45) is 0 Å². The zero-order valence-electron chi connectivity index (χ0n) is 10.00. The topological polar surface area (TPSA) is 41.1 Å². The molecule has 1 rings (SSSR count). The predicted octanol–water partition coefficient (Wildman–Crippen LogP) is 2.66. The first kappa shape index (κ1) is 16.4. The molecule has 0 aliphatic rings. The molecule has 2 N–H and O–H groups in total. The van der Waals surface area contributed by atoms with Crippen molar-refractivity contribution in [2.75, 3.05) is 13.6 Å². The summed E-state index contributed by atoms with van der Waals surface area (Å²) in [4.78, 5) is 11.5. The lowest BCUT2D eigenvalue weighted by Crippen LogP contribution is -2.29. The van der Waals surface area contributed by atoms with Crippen LogP contribution in [0.4, 0.5) is 0 Å². The Morgan fingerprint density at radius 3 is 2.76 bits per heavy atom. The lowest BCUT2D eigenvalue weighted by molar-refractivity contribution is -0.121. The third-order valence-electron chi connectivity index (χ3n) is 2.33. The fourth-order valence-electron chi connectivity index (χ4n) is 1.41. The van der Waals surface area contributed by atoms with Gasteiger partial charge >= 0.3 is 0 Å². The largest absolute Gasteiger partial charge is 0.350 e. The maximum absolute atomic E-state index is 11.5. The van der Waals surface area contributed by atoms with Gasteiger partial charge in [-0.15, -0.1) is 12.4 Å². The van der Waals surface area contributed by atoms with Crippen molar-refractivity contribution in [3.8, 4) is 0 Å². The Bertz CT molecular complexity index is 360. The van der Waals surface area contributed by atoms with Crippen LogP contribution in [0.2, 0.25) is 0 Å². The molecule has 1 aromatic rings. The summed E-state index contributed by atoms with van der Waals surface area (Å²) in [6.07, 6.45) is 0.509. The fourth-order valence-corrected chi connectivity index (χ4v) is 1.83. The molecular formula is C12H18BrClN2O. The van der Waals surface area contributed by atoms with E-state index in [4.69, 9.17) is 0 Å². The van der Waals surface area contributed by atoms with Gasteiger partial charge in [0.05, 0.1) is 6.04 Å². The molecule has 1 aromatic carbocycles. The molecule has 3 nitrogen and oxygen atoms in total. The van der Waals surface area contributed by atoms with Crippen LogP contribution in [-0.4, -0.2) is 19.5 Å². The van der Waals surface area contributed by atoms with Crippen LogP contribution < -0.4 is 10.6 Å². The second-order valence-electron chi connectivity index (χ2n) is 3.70. The van der Waals surface area contributed by atoms with Gasteiger partial charge in [0.2, 0.25) is 5.91 Å². The molecule has 0 aliphatic carbocycles. The molecule has 0 aliphatic heterocycles. The zero-order valence-corrected chi connectivity index (χ0v) is 12.4. The van der Waals surface area contributed by atoms with E-state index >= 15 is 0 Å². The first-order chi connectivity index (χ1) is 7.63. The van der Waals surface area contributed by atoms with Gasteiger partial charge in [0.25, 0.3) is 0 Å². The minimum Gasteiger partial charge on any atom is -0.350 e. The van der Waals surface area contributed by atoms with Crippen molar-refractivity contribution in [1.82, 2.24) is 10.6 Å². The van der Waals surface area contributed by atoms with E-state index in [9.17, 15) is 4.79 Å². The number of hydrogen-bond donors (Lipinski definition) is 2. The summed E-state index contributed by atoms with van der Waals surface area (Å²) in [7, 11) is 1.84. The molecule has 0 saturated carbocycles. The van der Waals surface area contributed by atoms with Crippen LogP contribution in [0.1, 0.15) is 24.9 Å². The Kier molecular flexibility index (Phi) is 8.21. The van der Waals surface area contributed by atoms with Gasteiger partial charge in [-0.3, -0.25) is 4.79 Å². The highest BCUT2D eigenvalue weighted by Crippen LogP contribution is 2.17. The number of rotatable bonds is 5. The van der Waals surface area contributed by atoms with Gasteiger partial charge in [0.1, 0.15) is 0 Å². The Morgan fingerprint density at radius 1 is 1.47 bits per heavy atom. The summed E-state index contributed by atoms with van der Waals surface area (Å²) in [6.45, 7) is 2.69. The van der Waals surface area contributed by atoms with Crippen LogP contribution in [0.25, 0.3) is 0 Å². The third-order valence-corrected chi connectivity index (χ3v) is 2.82. The van der Waals surface area contributed by atoms with E-state index in [2.05, 4.69) is 26.6 Å². The highest BCUT2D eigenvalue weighted by molar-refractivity contribution is 9.10. The van der Waals surface area contributed by atoms with Crippen LogP contribution in [0, 0.1) is 0 Å². The molecule has 1 atom stereocenters. The van der Waals surface area contributed by atoms with Crippen LogP contribution in [-0.2, 0) is 4.79 Å². The Balaban J connectivity index is 0.00000256. The zero-order chi connectivity index (χ0) is 12.0. The van der Waals surface area contributed by atoms with E-state index in [1.54, 1.807) is 0 Å². The molecule has 17 heavy (non-hydrogen) atoms. The first-order valence-electron chi connectivity index (χ1n) is 5.33. The molecule has 0 saturated heterocycles. The Morgan fingerprint density at radius 2 is 2.18 bits per heavy atom. The standard InChI is InChI=1S/C12H17BrN2O.ClH/c1-9(15-12(16)6-7-14-2)10-4-3-5-11(13)8-10;/h3-5,8-9,14H,6-7H2,1-2H3,(H,15,16);1H. The molecule has 0 fully saturated rings. The molecule has 0 bridgehead atoms. The van der Waals surface area contributed by atoms with Crippen molar-refractivity contribution >= 4 is 34.2 Å². The third kappa shape index (κ3) is 6.05. The monoisotopic (exact) mass is 320 g/mol. The number of hydrogen-bond acceptors (Lipinski definition) is 2. The lowest BCUT2D eigenvalue weighted by atomic mass is 10.1. The maximum Gasteiger partial charge on any atom is 0.221 e. The normalized spacial score (nSPS) is 11.5. The van der Waals surface area contributed by atoms with E-state index in [1.165, 1.54) is 0 Å². The summed E-state index contributed by atoms with van der Waals surface area (Å²) >= 11 is 3.42. The molecule has 1 unspecified atom stereocenters. The maximum atomic E-state index is 11.5. The minimum absolute atomic E-state index is 0. The van der Waals surface area contributed by atoms with Gasteiger partial charge < -0.3 is 10.6 Å². The van der Waals surface area contributed by atoms with Crippen LogP contribution >= 0.6 is 28.3 Å². The molecule has 0 spiro atoms. The fraction of sp³-hybridized carbons (Fsp3) is 0.417. The number of nitrogens with one attached hydrogen (secondary N) is 2. The molecular weight excluding hydrogens is 304 g/mol. The number of carbonyl (C=O) groups is 1. The molecule has 0 heterocycles. The van der Waals surface area contributed by atoms with Gasteiger partial charge in [0.15, 0.2) is 0 Å². The number of halogens is 2. The lowest BCUT2D eigenvalue weighted by Gasteiger charge is -2.14. The summed E-state index contributed by atoms with van der Waals surface area (Å²) < 4.78 is 1.03. The Labute approximate surface area is 117 Å². The number of amides is 1. The SMILES string of the molecule is CNCCC(=O)NC(C)c1cccc(Br)c1.Cl. The number of carbonyl (C=O) groups excluding carboxylic acids is 1. The van der Waals surface area contributed by atoms with Crippen molar-refractivity contribution in [3.05, 3.63) is 34.3 Å². The van der Waals surface area contributed by atoms with E-state index in [-0.39, 0.29) is 24.4 Å². The van der Waals surface area contributed by atoms with Crippen molar-refractivity contribution in [1.29, 1.82) is 0 Å². The van der Waals surface area contributed by atoms with E-state index in [1.807, 2.05) is 38.2 Å². The average molecular weight is 322 g/mol. The van der Waals surface area contributed by atoms with Gasteiger partial charge in [0, 0.05) is 17.4 Å². The molecule has 1 amide bonds. The first-order valence-corrected chi connectivity index (χ1v) is 6.12. The Hall–Kier alpha value is -0.580. The quantitative estimate of drug-likeness (QED) is 0.875. The second-order valence-corrected chi connectivity index (χ2v) is 4.61. The summed E-state index contributed by atoms with van der Waals surface area (Å²) in [5, 5.41) is 5.91. The highest BCUT2D eigenvalue weighted by Gasteiger charge is 2.08. The highest BCUT2D eigenvalue weighted by atomic mass is 79.9. The molecule has 5 heteroatoms. The number of benzene rings is 1. The van der Waals surface area contributed by atoms with Gasteiger partial charge in [-0.2, -0.15) is 0 Å². The van der Waals surface area contributed by atoms with Crippen molar-refractivity contribution in [2.45, 2.75) is 19.4 Å². The van der Waals surface area contributed by atoms with Crippen molar-refractivity contribution < 1.29 is 4.79 Å². The summed E-state index contributed by atoms with van der Waals surface area (Å²) in [5.41, 5.74) is 1.10. The van der Waals surface area contributed by atoms with E-state index < -0.39 is 0 Å². The van der Waals surface area contributed by atoms with Gasteiger partial charge in [-0.25, -0.2) is 0 Å². The van der Waals surface area contributed by atoms with Gasteiger partial charge in [-0.05, 0) is 31.7 Å². The van der Waals surface area contributed by atoms with Gasteiger partial charge in [-0.1, -0.05) is 28.1 Å². The minimum atomic E-state index is 0. The van der Waals surface area contributed by atoms with Crippen LogP contribution in [0.3, 0.4) is 0 Å². The molecule has 0 aromatic heterocycles. The molecule has 0 radical (unpaired) electrons. The average Bonchev–Trinajstić information content (AvgIpc) is 2.26. The summed E-state index contributed by atoms with van der Waals surface area (Å²) in [5.74, 6) is 0.0711. The predicted molar refractivity (Wildman–Crippen MR) is 76.5 cm³/mol. The van der Waals surface area contributed by atoms with E-state index in [0.717, 1.165) is 10.0 Å². The van der Waals surface area contributed by atoms with Crippen molar-refractivity contribution in [3.63, 3.8) is 0 Å². The smallest absolute Gasteiger partial charge is 0.221 e. The second kappa shape index (κ2) is 8.50. The summed E-state index contributed by atoms with van der Waals surface area (Å²) in [6, 6.07) is 8.01. The molecule has 96 valence electrons. The van der Waals surface area contributed by atoms with E-state index in [0.29, 0.717) is 13.0 Å².